The van der Waals surface area contributed by atoms with Gasteiger partial charge in [0.1, 0.15) is 39.0 Å². The van der Waals surface area contributed by atoms with Gasteiger partial charge in [0.25, 0.3) is 0 Å². The third-order valence-corrected chi connectivity index (χ3v) is 16.5. The highest BCUT2D eigenvalue weighted by Gasteiger charge is 2.31. The van der Waals surface area contributed by atoms with Gasteiger partial charge in [-0.2, -0.15) is 0 Å². The van der Waals surface area contributed by atoms with Crippen LogP contribution in [0.15, 0.2) is 170 Å². The van der Waals surface area contributed by atoms with Gasteiger partial charge in [-0.1, -0.05) is 171 Å². The van der Waals surface area contributed by atoms with Crippen LogP contribution >= 0.6 is 14.3 Å². The summed E-state index contributed by atoms with van der Waals surface area (Å²) in [6, 6.07) is 54.7. The van der Waals surface area contributed by atoms with Gasteiger partial charge in [-0.15, -0.1) is 0 Å². The van der Waals surface area contributed by atoms with Gasteiger partial charge in [-0.05, 0) is 25.0 Å². The van der Waals surface area contributed by atoms with E-state index in [1.165, 1.54) is 0 Å². The number of ether oxygens (including phenoxy) is 4. The molecular formula is C48H50O6P2. The van der Waals surface area contributed by atoms with Crippen molar-refractivity contribution in [2.75, 3.05) is 26.4 Å². The summed E-state index contributed by atoms with van der Waals surface area (Å²) in [6.45, 7) is 1.58. The molecule has 1 saturated carbocycles. The van der Waals surface area contributed by atoms with Crippen LogP contribution in [0.1, 0.15) is 36.8 Å². The topological polar surface area (TPSA) is 71.1 Å². The Kier molecular flexibility index (Phi) is 13.7. The van der Waals surface area contributed by atoms with Crippen molar-refractivity contribution in [2.24, 2.45) is 0 Å². The Labute approximate surface area is 331 Å². The van der Waals surface area contributed by atoms with E-state index in [9.17, 15) is 9.13 Å². The molecule has 7 rings (SSSR count). The monoisotopic (exact) mass is 784 g/mol. The standard InChI is InChI=1S/C48H50O6P2/c49-55(41-21-5-1-6-22-41,42-23-7-2-8-24-42)37-39-19-13-15-29-45(39)51-33-35-53-47-31-17-18-32-48(47)54-36-34-52-46-30-16-14-20-40(46)38-56(50,43-25-9-3-10-26-43)44-27-11-4-12-28-44/h1-16,19-30,47-48H,17-18,31-38H2/t47-,48+. The average Bonchev–Trinajstić information content (AvgIpc) is 3.26. The number of rotatable bonds is 18. The first-order valence-electron chi connectivity index (χ1n) is 19.6. The zero-order valence-electron chi connectivity index (χ0n) is 31.7. The van der Waals surface area contributed by atoms with Crippen LogP contribution in [0.5, 0.6) is 11.5 Å². The molecule has 0 saturated heterocycles. The van der Waals surface area contributed by atoms with Crippen molar-refractivity contribution in [1.29, 1.82) is 0 Å². The van der Waals surface area contributed by atoms with E-state index in [4.69, 9.17) is 18.9 Å². The molecule has 1 fully saturated rings. The van der Waals surface area contributed by atoms with E-state index in [0.717, 1.165) is 69.5 Å². The van der Waals surface area contributed by atoms with Gasteiger partial charge in [0.15, 0.2) is 0 Å². The molecule has 0 spiro atoms. The van der Waals surface area contributed by atoms with Crippen LogP contribution in [0.2, 0.25) is 0 Å². The van der Waals surface area contributed by atoms with Crippen LogP contribution in [0.4, 0.5) is 0 Å². The zero-order chi connectivity index (χ0) is 38.5. The average molecular weight is 785 g/mol. The summed E-state index contributed by atoms with van der Waals surface area (Å²) in [5.74, 6) is 1.45. The minimum absolute atomic E-state index is 0.0334. The maximum Gasteiger partial charge on any atom is 0.147 e. The van der Waals surface area contributed by atoms with E-state index >= 15 is 0 Å². The Morgan fingerprint density at radius 2 is 0.696 bits per heavy atom. The first kappa shape index (κ1) is 39.5. The maximum atomic E-state index is 14.8. The Bertz CT molecular complexity index is 1950. The molecule has 6 aromatic rings. The summed E-state index contributed by atoms with van der Waals surface area (Å²) in [6.07, 6.45) is 4.70. The molecule has 8 heteroatoms. The molecule has 6 nitrogen and oxygen atoms in total. The predicted molar refractivity (Wildman–Crippen MR) is 229 cm³/mol. The molecule has 0 N–H and O–H groups in total. The normalized spacial score (nSPS) is 15.9. The van der Waals surface area contributed by atoms with Gasteiger partial charge >= 0.3 is 0 Å². The summed E-state index contributed by atoms with van der Waals surface area (Å²) >= 11 is 0. The zero-order valence-corrected chi connectivity index (χ0v) is 33.5. The van der Waals surface area contributed by atoms with Gasteiger partial charge in [-0.3, -0.25) is 0 Å². The van der Waals surface area contributed by atoms with Crippen molar-refractivity contribution in [3.8, 4) is 11.5 Å². The van der Waals surface area contributed by atoms with Crippen molar-refractivity contribution in [3.05, 3.63) is 181 Å². The molecule has 56 heavy (non-hydrogen) atoms. The third-order valence-electron chi connectivity index (χ3n) is 10.4. The minimum atomic E-state index is -2.96. The van der Waals surface area contributed by atoms with Gasteiger partial charge in [0.2, 0.25) is 0 Å². The summed E-state index contributed by atoms with van der Waals surface area (Å²) in [7, 11) is -5.93. The smallest absolute Gasteiger partial charge is 0.147 e. The van der Waals surface area contributed by atoms with Gasteiger partial charge in [-0.25, -0.2) is 0 Å². The lowest BCUT2D eigenvalue weighted by Gasteiger charge is -2.31. The lowest BCUT2D eigenvalue weighted by atomic mass is 9.94. The number of para-hydroxylation sites is 2. The Balaban J connectivity index is 0.928. The van der Waals surface area contributed by atoms with E-state index in [0.29, 0.717) is 38.8 Å². The second-order valence-corrected chi connectivity index (χ2v) is 19.8. The van der Waals surface area contributed by atoms with Crippen molar-refractivity contribution < 1.29 is 28.1 Å². The summed E-state index contributed by atoms with van der Waals surface area (Å²) in [5.41, 5.74) is 1.82. The molecule has 0 radical (unpaired) electrons. The number of hydrogen-bond acceptors (Lipinski definition) is 6. The molecule has 1 aliphatic carbocycles. The maximum absolute atomic E-state index is 14.8. The Morgan fingerprint density at radius 3 is 1.04 bits per heavy atom. The fourth-order valence-corrected chi connectivity index (χ4v) is 12.9. The van der Waals surface area contributed by atoms with Gasteiger partial charge < -0.3 is 28.1 Å². The molecule has 288 valence electrons. The molecule has 0 aliphatic heterocycles. The lowest BCUT2D eigenvalue weighted by Crippen LogP contribution is -2.36. The quantitative estimate of drug-likeness (QED) is 0.0639. The highest BCUT2D eigenvalue weighted by molar-refractivity contribution is 7.78. The third kappa shape index (κ3) is 9.81. The second kappa shape index (κ2) is 19.4. The van der Waals surface area contributed by atoms with E-state index < -0.39 is 14.3 Å². The Morgan fingerprint density at radius 1 is 0.393 bits per heavy atom. The summed E-state index contributed by atoms with van der Waals surface area (Å²) in [4.78, 5) is 0. The van der Waals surface area contributed by atoms with Crippen LogP contribution in [0.25, 0.3) is 0 Å². The van der Waals surface area contributed by atoms with E-state index in [-0.39, 0.29) is 12.2 Å². The van der Waals surface area contributed by atoms with Crippen LogP contribution < -0.4 is 30.7 Å². The van der Waals surface area contributed by atoms with Gasteiger partial charge in [0.05, 0.1) is 25.4 Å². The SMILES string of the molecule is O=P(Cc1ccccc1OCCO[C@H]1CCCC[C@H]1OCCOc1ccccc1CP(=O)(c1ccccc1)c1ccccc1)(c1ccccc1)c1ccccc1. The van der Waals surface area contributed by atoms with Crippen LogP contribution in [0.3, 0.4) is 0 Å². The van der Waals surface area contributed by atoms with Crippen LogP contribution in [-0.4, -0.2) is 38.6 Å². The fraction of sp³-hybridized carbons (Fsp3) is 0.250. The summed E-state index contributed by atoms with van der Waals surface area (Å²) < 4.78 is 54.9. The highest BCUT2D eigenvalue weighted by Crippen LogP contribution is 2.49. The van der Waals surface area contributed by atoms with E-state index in [1.54, 1.807) is 0 Å². The molecule has 1 aliphatic rings. The fourth-order valence-electron chi connectivity index (χ4n) is 7.52. The molecule has 0 heterocycles. The molecule has 6 aromatic carbocycles. The van der Waals surface area contributed by atoms with Crippen molar-refractivity contribution in [1.82, 2.24) is 0 Å². The van der Waals surface area contributed by atoms with E-state index in [1.807, 2.05) is 170 Å². The highest BCUT2D eigenvalue weighted by atomic mass is 31.2. The first-order chi connectivity index (χ1) is 27.5. The van der Waals surface area contributed by atoms with Gasteiger partial charge in [0, 0.05) is 44.7 Å². The van der Waals surface area contributed by atoms with Crippen molar-refractivity contribution in [3.63, 3.8) is 0 Å². The van der Waals surface area contributed by atoms with Crippen LogP contribution in [-0.2, 0) is 30.9 Å². The molecule has 0 amide bonds. The molecule has 0 bridgehead atoms. The molecule has 0 unspecified atom stereocenters. The Hall–Kier alpha value is -4.70. The largest absolute Gasteiger partial charge is 0.491 e. The predicted octanol–water partition coefficient (Wildman–Crippen LogP) is 9.52. The number of hydrogen-bond donors (Lipinski definition) is 0. The van der Waals surface area contributed by atoms with E-state index in [2.05, 4.69) is 0 Å². The van der Waals surface area contributed by atoms with Crippen molar-refractivity contribution >= 4 is 35.5 Å². The molecule has 0 aromatic heterocycles. The summed E-state index contributed by atoms with van der Waals surface area (Å²) in [5, 5.41) is 3.33. The van der Waals surface area contributed by atoms with Crippen LogP contribution in [0, 0.1) is 0 Å². The number of benzene rings is 6. The van der Waals surface area contributed by atoms with Crippen molar-refractivity contribution in [2.45, 2.75) is 50.2 Å². The first-order valence-corrected chi connectivity index (χ1v) is 23.4. The molecule has 2 atom stereocenters. The molecular weight excluding hydrogens is 734 g/mol. The second-order valence-electron chi connectivity index (χ2n) is 14.2. The minimum Gasteiger partial charge on any atom is -0.491 e. The lowest BCUT2D eigenvalue weighted by molar-refractivity contribution is -0.0998.